The maximum Gasteiger partial charge on any atom is 0.222 e. The van der Waals surface area contributed by atoms with Gasteiger partial charge in [-0.3, -0.25) is 9.79 Å². The maximum absolute atomic E-state index is 11.4. The van der Waals surface area contributed by atoms with E-state index in [1.54, 1.807) is 7.05 Å². The maximum atomic E-state index is 11.4. The molecular formula is C15H24ClIN4O. The van der Waals surface area contributed by atoms with E-state index >= 15 is 0 Å². The minimum atomic E-state index is 0. The third kappa shape index (κ3) is 7.84. The Morgan fingerprint density at radius 1 is 1.18 bits per heavy atom. The van der Waals surface area contributed by atoms with Crippen molar-refractivity contribution in [2.45, 2.75) is 20.4 Å². The number of halogens is 2. The standard InChI is InChI=1S/C15H23ClN4O.HI/c1-11(2)14(21)18-8-9-19-15(17-3)20-10-12-6-4-5-7-13(12)16;/h4-7,11H,8-10H2,1-3H3,(H,18,21)(H2,17,19,20);1H. The summed E-state index contributed by atoms with van der Waals surface area (Å²) < 4.78 is 0. The van der Waals surface area contributed by atoms with Crippen molar-refractivity contribution >= 4 is 47.4 Å². The van der Waals surface area contributed by atoms with E-state index in [-0.39, 0.29) is 35.8 Å². The molecule has 0 aliphatic heterocycles. The van der Waals surface area contributed by atoms with Crippen LogP contribution in [0, 0.1) is 5.92 Å². The first-order valence-electron chi connectivity index (χ1n) is 7.00. The zero-order valence-electron chi connectivity index (χ0n) is 13.1. The molecule has 0 atom stereocenters. The molecule has 1 aromatic rings. The van der Waals surface area contributed by atoms with Gasteiger partial charge in [-0.25, -0.2) is 0 Å². The fraction of sp³-hybridized carbons (Fsp3) is 0.467. The Kier molecular flexibility index (Phi) is 11.0. The summed E-state index contributed by atoms with van der Waals surface area (Å²) in [5, 5.41) is 9.88. The summed E-state index contributed by atoms with van der Waals surface area (Å²) in [6.45, 7) is 5.50. The first kappa shape index (κ1) is 21.0. The highest BCUT2D eigenvalue weighted by atomic mass is 127. The van der Waals surface area contributed by atoms with E-state index in [1.165, 1.54) is 0 Å². The highest BCUT2D eigenvalue weighted by Crippen LogP contribution is 2.13. The molecule has 0 spiro atoms. The van der Waals surface area contributed by atoms with Crippen LogP contribution in [-0.2, 0) is 11.3 Å². The van der Waals surface area contributed by atoms with Gasteiger partial charge in [0.15, 0.2) is 5.96 Å². The van der Waals surface area contributed by atoms with E-state index in [0.717, 1.165) is 10.6 Å². The molecule has 124 valence electrons. The third-order valence-corrected chi connectivity index (χ3v) is 3.24. The predicted molar refractivity (Wildman–Crippen MR) is 103 cm³/mol. The Bertz CT molecular complexity index is 494. The Balaban J connectivity index is 0.00000441. The van der Waals surface area contributed by atoms with Crippen molar-refractivity contribution in [2.24, 2.45) is 10.9 Å². The molecule has 0 aliphatic carbocycles. The van der Waals surface area contributed by atoms with Gasteiger partial charge in [0.2, 0.25) is 5.91 Å². The van der Waals surface area contributed by atoms with Gasteiger partial charge < -0.3 is 16.0 Å². The minimum Gasteiger partial charge on any atom is -0.355 e. The molecule has 3 N–H and O–H groups in total. The molecule has 0 bridgehead atoms. The van der Waals surface area contributed by atoms with Crippen LogP contribution >= 0.6 is 35.6 Å². The average Bonchev–Trinajstić information content (AvgIpc) is 2.47. The largest absolute Gasteiger partial charge is 0.355 e. The van der Waals surface area contributed by atoms with Crippen LogP contribution in [0.25, 0.3) is 0 Å². The van der Waals surface area contributed by atoms with E-state index < -0.39 is 0 Å². The number of nitrogens with one attached hydrogen (secondary N) is 3. The van der Waals surface area contributed by atoms with Crippen molar-refractivity contribution < 1.29 is 4.79 Å². The van der Waals surface area contributed by atoms with E-state index in [2.05, 4.69) is 20.9 Å². The molecule has 0 saturated carbocycles. The van der Waals surface area contributed by atoms with Gasteiger partial charge in [-0.05, 0) is 11.6 Å². The monoisotopic (exact) mass is 438 g/mol. The van der Waals surface area contributed by atoms with E-state index in [4.69, 9.17) is 11.6 Å². The summed E-state index contributed by atoms with van der Waals surface area (Å²) in [5.41, 5.74) is 1.01. The lowest BCUT2D eigenvalue weighted by Crippen LogP contribution is -2.41. The number of carbonyl (C=O) groups is 1. The molecule has 0 fully saturated rings. The summed E-state index contributed by atoms with van der Waals surface area (Å²) in [7, 11) is 1.70. The van der Waals surface area contributed by atoms with Gasteiger partial charge in [0.05, 0.1) is 0 Å². The van der Waals surface area contributed by atoms with Crippen LogP contribution in [0.15, 0.2) is 29.3 Å². The number of amides is 1. The van der Waals surface area contributed by atoms with Gasteiger partial charge in [-0.15, -0.1) is 24.0 Å². The number of guanidine groups is 1. The van der Waals surface area contributed by atoms with Gasteiger partial charge in [0, 0.05) is 37.6 Å². The molecule has 1 rings (SSSR count). The molecule has 0 heterocycles. The van der Waals surface area contributed by atoms with E-state index in [0.29, 0.717) is 25.6 Å². The lowest BCUT2D eigenvalue weighted by Gasteiger charge is -2.13. The van der Waals surface area contributed by atoms with Gasteiger partial charge in [0.1, 0.15) is 0 Å². The Morgan fingerprint density at radius 2 is 1.82 bits per heavy atom. The molecule has 1 amide bonds. The Labute approximate surface area is 154 Å². The molecule has 0 unspecified atom stereocenters. The molecule has 0 saturated heterocycles. The second-order valence-corrected chi connectivity index (χ2v) is 5.30. The number of rotatable bonds is 6. The predicted octanol–water partition coefficient (Wildman–Crippen LogP) is 2.40. The number of hydrogen-bond donors (Lipinski definition) is 3. The first-order valence-corrected chi connectivity index (χ1v) is 7.38. The van der Waals surface area contributed by atoms with Crippen LogP contribution in [0.2, 0.25) is 5.02 Å². The van der Waals surface area contributed by atoms with Crippen molar-refractivity contribution in [1.82, 2.24) is 16.0 Å². The number of hydrogen-bond acceptors (Lipinski definition) is 2. The normalized spacial score (nSPS) is 10.9. The quantitative estimate of drug-likeness (QED) is 0.277. The van der Waals surface area contributed by atoms with Crippen molar-refractivity contribution in [3.63, 3.8) is 0 Å². The number of aliphatic imine (C=N–C) groups is 1. The summed E-state index contributed by atoms with van der Waals surface area (Å²) in [4.78, 5) is 15.5. The highest BCUT2D eigenvalue weighted by Gasteiger charge is 2.05. The zero-order valence-corrected chi connectivity index (χ0v) is 16.2. The van der Waals surface area contributed by atoms with Crippen LogP contribution in [0.1, 0.15) is 19.4 Å². The van der Waals surface area contributed by atoms with Crippen LogP contribution in [0.4, 0.5) is 0 Å². The molecule has 0 radical (unpaired) electrons. The molecule has 7 heteroatoms. The average molecular weight is 439 g/mol. The fourth-order valence-corrected chi connectivity index (χ4v) is 1.81. The molecule has 5 nitrogen and oxygen atoms in total. The smallest absolute Gasteiger partial charge is 0.222 e. The molecule has 0 aromatic heterocycles. The van der Waals surface area contributed by atoms with E-state index in [1.807, 2.05) is 38.1 Å². The molecule has 1 aromatic carbocycles. The Morgan fingerprint density at radius 3 is 2.41 bits per heavy atom. The minimum absolute atomic E-state index is 0. The molecule has 22 heavy (non-hydrogen) atoms. The number of nitrogens with zero attached hydrogens (tertiary/aromatic N) is 1. The fourth-order valence-electron chi connectivity index (χ4n) is 1.61. The van der Waals surface area contributed by atoms with E-state index in [9.17, 15) is 4.79 Å². The lowest BCUT2D eigenvalue weighted by atomic mass is 10.2. The van der Waals surface area contributed by atoms with Gasteiger partial charge in [-0.2, -0.15) is 0 Å². The first-order chi connectivity index (χ1) is 10.0. The Hall–Kier alpha value is -1.02. The molecule has 0 aliphatic rings. The highest BCUT2D eigenvalue weighted by molar-refractivity contribution is 14.0. The van der Waals surface area contributed by atoms with Gasteiger partial charge in [0.25, 0.3) is 0 Å². The molecular weight excluding hydrogens is 415 g/mol. The van der Waals surface area contributed by atoms with Crippen LogP contribution in [0.5, 0.6) is 0 Å². The van der Waals surface area contributed by atoms with Crippen LogP contribution in [-0.4, -0.2) is 32.0 Å². The van der Waals surface area contributed by atoms with Crippen molar-refractivity contribution in [3.8, 4) is 0 Å². The topological polar surface area (TPSA) is 65.5 Å². The van der Waals surface area contributed by atoms with Crippen molar-refractivity contribution in [3.05, 3.63) is 34.9 Å². The SMILES string of the molecule is CN=C(NCCNC(=O)C(C)C)NCc1ccccc1Cl.I. The second-order valence-electron chi connectivity index (χ2n) is 4.89. The number of benzene rings is 1. The van der Waals surface area contributed by atoms with Crippen molar-refractivity contribution in [1.29, 1.82) is 0 Å². The summed E-state index contributed by atoms with van der Waals surface area (Å²) in [6.07, 6.45) is 0. The van der Waals surface area contributed by atoms with Crippen molar-refractivity contribution in [2.75, 3.05) is 20.1 Å². The van der Waals surface area contributed by atoms with Crippen LogP contribution in [0.3, 0.4) is 0 Å². The lowest BCUT2D eigenvalue weighted by molar-refractivity contribution is -0.123. The third-order valence-electron chi connectivity index (χ3n) is 2.87. The van der Waals surface area contributed by atoms with Gasteiger partial charge >= 0.3 is 0 Å². The summed E-state index contributed by atoms with van der Waals surface area (Å²) in [5.74, 6) is 0.729. The number of carbonyl (C=O) groups excluding carboxylic acids is 1. The second kappa shape index (κ2) is 11.5. The van der Waals surface area contributed by atoms with Gasteiger partial charge in [-0.1, -0.05) is 43.6 Å². The summed E-state index contributed by atoms with van der Waals surface area (Å²) >= 11 is 6.09. The van der Waals surface area contributed by atoms with Crippen LogP contribution < -0.4 is 16.0 Å². The summed E-state index contributed by atoms with van der Waals surface area (Å²) in [6, 6.07) is 7.67. The zero-order chi connectivity index (χ0) is 15.7.